The molecular weight excluding hydrogens is 186 g/mol. The van der Waals surface area contributed by atoms with Crippen LogP contribution >= 0.6 is 0 Å². The first-order valence-corrected chi connectivity index (χ1v) is 6.11. The fraction of sp³-hybridized carbons (Fsp3) is 1.00. The number of nitrogens with one attached hydrogen (secondary N) is 1. The van der Waals surface area contributed by atoms with E-state index in [0.717, 1.165) is 26.2 Å². The van der Waals surface area contributed by atoms with Gasteiger partial charge in [0.05, 0.1) is 0 Å². The molecule has 0 saturated heterocycles. The van der Waals surface area contributed by atoms with Crippen LogP contribution in [0, 0.1) is 5.41 Å². The summed E-state index contributed by atoms with van der Waals surface area (Å²) in [7, 11) is 0. The molecule has 0 aliphatic heterocycles. The van der Waals surface area contributed by atoms with Gasteiger partial charge in [-0.1, -0.05) is 34.6 Å². The van der Waals surface area contributed by atoms with Gasteiger partial charge in [-0.05, 0) is 18.5 Å². The van der Waals surface area contributed by atoms with Crippen molar-refractivity contribution in [3.8, 4) is 0 Å². The minimum atomic E-state index is 0.248. The third-order valence-corrected chi connectivity index (χ3v) is 2.99. The van der Waals surface area contributed by atoms with Crippen molar-refractivity contribution in [2.75, 3.05) is 32.7 Å². The zero-order valence-electron chi connectivity index (χ0n) is 11.1. The largest absolute Gasteiger partial charge is 0.329 e. The molecule has 0 aromatic carbocycles. The van der Waals surface area contributed by atoms with Gasteiger partial charge in [0.2, 0.25) is 0 Å². The van der Waals surface area contributed by atoms with Gasteiger partial charge in [0.15, 0.2) is 0 Å². The van der Waals surface area contributed by atoms with E-state index in [4.69, 9.17) is 5.73 Å². The van der Waals surface area contributed by atoms with Crippen molar-refractivity contribution in [2.45, 2.75) is 40.7 Å². The zero-order chi connectivity index (χ0) is 11.9. The highest BCUT2D eigenvalue weighted by Crippen LogP contribution is 2.17. The molecule has 0 aliphatic rings. The lowest BCUT2D eigenvalue weighted by Crippen LogP contribution is -2.48. The summed E-state index contributed by atoms with van der Waals surface area (Å²) in [6.07, 6.45) is 0. The molecule has 3 heteroatoms. The number of nitrogens with zero attached hydrogens (tertiary/aromatic N) is 1. The summed E-state index contributed by atoms with van der Waals surface area (Å²) in [4.78, 5) is 2.42. The van der Waals surface area contributed by atoms with Crippen LogP contribution in [-0.2, 0) is 0 Å². The van der Waals surface area contributed by atoms with E-state index in [1.165, 1.54) is 0 Å². The number of rotatable bonds is 7. The Hall–Kier alpha value is -0.120. The second kappa shape index (κ2) is 7.20. The van der Waals surface area contributed by atoms with Crippen molar-refractivity contribution in [3.63, 3.8) is 0 Å². The third-order valence-electron chi connectivity index (χ3n) is 2.99. The average Bonchev–Trinajstić information content (AvgIpc) is 2.16. The first kappa shape index (κ1) is 14.9. The molecule has 0 heterocycles. The maximum absolute atomic E-state index is 5.76. The lowest BCUT2D eigenvalue weighted by atomic mass is 9.87. The lowest BCUT2D eigenvalue weighted by Gasteiger charge is -2.31. The van der Waals surface area contributed by atoms with Crippen molar-refractivity contribution in [1.29, 1.82) is 0 Å². The minimum Gasteiger partial charge on any atom is -0.329 e. The molecule has 0 rings (SSSR count). The topological polar surface area (TPSA) is 41.3 Å². The van der Waals surface area contributed by atoms with Gasteiger partial charge in [0.25, 0.3) is 0 Å². The Bertz CT molecular complexity index is 147. The molecule has 15 heavy (non-hydrogen) atoms. The second-order valence-electron chi connectivity index (χ2n) is 5.14. The standard InChI is InChI=1S/C12H29N3/c1-6-15(7-2)9-8-14-11(10-13)12(3,4)5/h11,14H,6-10,13H2,1-5H3. The summed E-state index contributed by atoms with van der Waals surface area (Å²) in [6.45, 7) is 16.2. The minimum absolute atomic E-state index is 0.248. The van der Waals surface area contributed by atoms with Crippen molar-refractivity contribution >= 4 is 0 Å². The van der Waals surface area contributed by atoms with Crippen LogP contribution in [0.2, 0.25) is 0 Å². The Morgan fingerprint density at radius 1 is 1.20 bits per heavy atom. The van der Waals surface area contributed by atoms with Gasteiger partial charge >= 0.3 is 0 Å². The zero-order valence-corrected chi connectivity index (χ0v) is 11.1. The first-order chi connectivity index (χ1) is 6.95. The van der Waals surface area contributed by atoms with Crippen LogP contribution in [0.15, 0.2) is 0 Å². The summed E-state index contributed by atoms with van der Waals surface area (Å²) in [6, 6.07) is 0.410. The molecule has 0 saturated carbocycles. The maximum atomic E-state index is 5.76. The molecule has 3 N–H and O–H groups in total. The van der Waals surface area contributed by atoms with Gasteiger partial charge in [-0.2, -0.15) is 0 Å². The van der Waals surface area contributed by atoms with Gasteiger partial charge in [0, 0.05) is 25.7 Å². The molecule has 0 aromatic heterocycles. The normalized spacial score (nSPS) is 14.6. The van der Waals surface area contributed by atoms with E-state index in [9.17, 15) is 0 Å². The summed E-state index contributed by atoms with van der Waals surface area (Å²) in [5.74, 6) is 0. The van der Waals surface area contributed by atoms with Gasteiger partial charge < -0.3 is 16.0 Å². The van der Waals surface area contributed by atoms with Crippen molar-refractivity contribution < 1.29 is 0 Å². The molecule has 1 atom stereocenters. The second-order valence-corrected chi connectivity index (χ2v) is 5.14. The molecule has 0 spiro atoms. The van der Waals surface area contributed by atoms with Crippen LogP contribution in [0.4, 0.5) is 0 Å². The van der Waals surface area contributed by atoms with Crippen LogP contribution in [0.1, 0.15) is 34.6 Å². The van der Waals surface area contributed by atoms with Crippen molar-refractivity contribution in [1.82, 2.24) is 10.2 Å². The predicted molar refractivity (Wildman–Crippen MR) is 68.1 cm³/mol. The van der Waals surface area contributed by atoms with Gasteiger partial charge in [-0.15, -0.1) is 0 Å². The summed E-state index contributed by atoms with van der Waals surface area (Å²) >= 11 is 0. The Kier molecular flexibility index (Phi) is 7.14. The highest BCUT2D eigenvalue weighted by molar-refractivity contribution is 4.81. The van der Waals surface area contributed by atoms with Gasteiger partial charge in [0.1, 0.15) is 0 Å². The molecule has 92 valence electrons. The highest BCUT2D eigenvalue weighted by atomic mass is 15.1. The molecule has 3 nitrogen and oxygen atoms in total. The van der Waals surface area contributed by atoms with E-state index in [1.54, 1.807) is 0 Å². The molecule has 0 aromatic rings. The first-order valence-electron chi connectivity index (χ1n) is 6.11. The van der Waals surface area contributed by atoms with Crippen LogP contribution in [0.25, 0.3) is 0 Å². The van der Waals surface area contributed by atoms with Crippen LogP contribution < -0.4 is 11.1 Å². The van der Waals surface area contributed by atoms with Gasteiger partial charge in [-0.25, -0.2) is 0 Å². The molecule has 0 amide bonds. The van der Waals surface area contributed by atoms with Gasteiger partial charge in [-0.3, -0.25) is 0 Å². The summed E-state index contributed by atoms with van der Waals surface area (Å²) in [5.41, 5.74) is 6.01. The van der Waals surface area contributed by atoms with E-state index >= 15 is 0 Å². The number of hydrogen-bond acceptors (Lipinski definition) is 3. The molecule has 1 unspecified atom stereocenters. The SMILES string of the molecule is CCN(CC)CCNC(CN)C(C)(C)C. The van der Waals surface area contributed by atoms with E-state index in [1.807, 2.05) is 0 Å². The van der Waals surface area contributed by atoms with Crippen LogP contribution in [0.3, 0.4) is 0 Å². The molecule has 0 radical (unpaired) electrons. The van der Waals surface area contributed by atoms with Crippen molar-refractivity contribution in [2.24, 2.45) is 11.1 Å². The Morgan fingerprint density at radius 3 is 2.07 bits per heavy atom. The fourth-order valence-corrected chi connectivity index (χ4v) is 1.68. The van der Waals surface area contributed by atoms with E-state index in [2.05, 4.69) is 44.8 Å². The number of nitrogens with two attached hydrogens (primary N) is 1. The predicted octanol–water partition coefficient (Wildman–Crippen LogP) is 1.29. The monoisotopic (exact) mass is 215 g/mol. The fourth-order valence-electron chi connectivity index (χ4n) is 1.68. The Morgan fingerprint density at radius 2 is 1.73 bits per heavy atom. The molecule has 0 aliphatic carbocycles. The van der Waals surface area contributed by atoms with Crippen molar-refractivity contribution in [3.05, 3.63) is 0 Å². The van der Waals surface area contributed by atoms with E-state index < -0.39 is 0 Å². The summed E-state index contributed by atoms with van der Waals surface area (Å²) < 4.78 is 0. The average molecular weight is 215 g/mol. The quantitative estimate of drug-likeness (QED) is 0.672. The smallest absolute Gasteiger partial charge is 0.0239 e. The third kappa shape index (κ3) is 6.13. The van der Waals surface area contributed by atoms with Crippen LogP contribution in [0.5, 0.6) is 0 Å². The maximum Gasteiger partial charge on any atom is 0.0239 e. The molecule has 0 fully saturated rings. The summed E-state index contributed by atoms with van der Waals surface area (Å²) in [5, 5.41) is 3.54. The number of hydrogen-bond donors (Lipinski definition) is 2. The molecular formula is C12H29N3. The highest BCUT2D eigenvalue weighted by Gasteiger charge is 2.22. The Balaban J connectivity index is 3.82. The molecule has 0 bridgehead atoms. The van der Waals surface area contributed by atoms with Crippen LogP contribution in [-0.4, -0.2) is 43.7 Å². The number of likely N-dealkylation sites (N-methyl/N-ethyl adjacent to an activating group) is 1. The van der Waals surface area contributed by atoms with E-state index in [-0.39, 0.29) is 5.41 Å². The van der Waals surface area contributed by atoms with E-state index in [0.29, 0.717) is 12.6 Å². The lowest BCUT2D eigenvalue weighted by molar-refractivity contribution is 0.247. The Labute approximate surface area is 95.4 Å².